The van der Waals surface area contributed by atoms with Gasteiger partial charge in [0.2, 0.25) is 0 Å². The van der Waals surface area contributed by atoms with Crippen LogP contribution in [0.4, 0.5) is 0 Å². The lowest BCUT2D eigenvalue weighted by molar-refractivity contribution is -0.123. The monoisotopic (exact) mass is 361 g/mol. The van der Waals surface area contributed by atoms with Gasteiger partial charge in [-0.1, -0.05) is 34.1 Å². The van der Waals surface area contributed by atoms with Gasteiger partial charge in [0.15, 0.2) is 6.61 Å². The van der Waals surface area contributed by atoms with Gasteiger partial charge in [-0.2, -0.15) is 0 Å². The first-order valence-corrected chi connectivity index (χ1v) is 7.17. The van der Waals surface area contributed by atoms with Crippen LogP contribution in [0.1, 0.15) is 20.7 Å². The van der Waals surface area contributed by atoms with Crippen molar-refractivity contribution >= 4 is 33.7 Å². The largest absolute Gasteiger partial charge is 0.452 e. The van der Waals surface area contributed by atoms with Crippen LogP contribution >= 0.6 is 15.9 Å². The van der Waals surface area contributed by atoms with Crippen LogP contribution in [-0.2, 0) is 9.53 Å². The van der Waals surface area contributed by atoms with Crippen LogP contribution < -0.4 is 5.32 Å². The van der Waals surface area contributed by atoms with E-state index in [2.05, 4.69) is 21.2 Å². The second-order valence-corrected chi connectivity index (χ2v) is 5.24. The quantitative estimate of drug-likeness (QED) is 0.849. The van der Waals surface area contributed by atoms with Crippen molar-refractivity contribution < 1.29 is 19.1 Å². The van der Waals surface area contributed by atoms with Crippen LogP contribution in [0.25, 0.3) is 0 Å². The van der Waals surface area contributed by atoms with Crippen LogP contribution in [0.3, 0.4) is 0 Å². The summed E-state index contributed by atoms with van der Waals surface area (Å²) in [5.74, 6) is -1.85. The molecule has 1 N–H and O–H groups in total. The normalized spacial score (nSPS) is 9.86. The summed E-state index contributed by atoms with van der Waals surface area (Å²) in [6.07, 6.45) is 0. The summed E-state index contributed by atoms with van der Waals surface area (Å²) in [5.41, 5.74) is 0.681. The highest BCUT2D eigenvalue weighted by atomic mass is 79.9. The van der Waals surface area contributed by atoms with Crippen LogP contribution in [-0.4, -0.2) is 24.4 Å². The maximum atomic E-state index is 11.7. The predicted octanol–water partition coefficient (Wildman–Crippen LogP) is 2.56. The second-order valence-electron chi connectivity index (χ2n) is 4.33. The van der Waals surface area contributed by atoms with Gasteiger partial charge in [-0.15, -0.1) is 0 Å². The van der Waals surface area contributed by atoms with Gasteiger partial charge >= 0.3 is 5.97 Å². The van der Waals surface area contributed by atoms with Crippen LogP contribution in [0.2, 0.25) is 0 Å². The van der Waals surface area contributed by atoms with Gasteiger partial charge in [-0.3, -0.25) is 14.9 Å². The van der Waals surface area contributed by atoms with Gasteiger partial charge in [0.25, 0.3) is 11.8 Å². The highest BCUT2D eigenvalue weighted by molar-refractivity contribution is 9.10. The van der Waals surface area contributed by atoms with Crippen molar-refractivity contribution in [1.82, 2.24) is 5.32 Å². The summed E-state index contributed by atoms with van der Waals surface area (Å²) in [4.78, 5) is 35.0. The Kier molecular flexibility index (Phi) is 5.43. The van der Waals surface area contributed by atoms with E-state index in [9.17, 15) is 14.4 Å². The standard InChI is InChI=1S/C16H12BrNO4/c17-13-8-6-12(7-9-13)16(21)22-10-14(19)18-15(20)11-4-2-1-3-5-11/h1-9H,10H2,(H,18,19,20). The Morgan fingerprint density at radius 1 is 0.909 bits per heavy atom. The third-order valence-corrected chi connectivity index (χ3v) is 3.23. The van der Waals surface area contributed by atoms with Crippen molar-refractivity contribution in [3.8, 4) is 0 Å². The zero-order valence-electron chi connectivity index (χ0n) is 11.4. The van der Waals surface area contributed by atoms with E-state index in [0.717, 1.165) is 4.47 Å². The molecule has 0 atom stereocenters. The highest BCUT2D eigenvalue weighted by Gasteiger charge is 2.13. The zero-order valence-corrected chi connectivity index (χ0v) is 13.0. The van der Waals surface area contributed by atoms with Gasteiger partial charge in [-0.05, 0) is 36.4 Å². The molecule has 0 aromatic heterocycles. The number of carbonyl (C=O) groups is 3. The minimum Gasteiger partial charge on any atom is -0.452 e. The lowest BCUT2D eigenvalue weighted by Crippen LogP contribution is -2.34. The van der Waals surface area contributed by atoms with Gasteiger partial charge in [0.05, 0.1) is 5.56 Å². The van der Waals surface area contributed by atoms with E-state index >= 15 is 0 Å². The molecule has 0 heterocycles. The number of hydrogen-bond acceptors (Lipinski definition) is 4. The van der Waals surface area contributed by atoms with Crippen molar-refractivity contribution in [3.63, 3.8) is 0 Å². The van der Waals surface area contributed by atoms with Gasteiger partial charge < -0.3 is 4.74 Å². The van der Waals surface area contributed by atoms with Crippen molar-refractivity contribution in [3.05, 3.63) is 70.2 Å². The highest BCUT2D eigenvalue weighted by Crippen LogP contribution is 2.11. The molecule has 112 valence electrons. The molecule has 0 spiro atoms. The Morgan fingerprint density at radius 2 is 1.55 bits per heavy atom. The average molecular weight is 362 g/mol. The SMILES string of the molecule is O=C(COC(=O)c1ccc(Br)cc1)NC(=O)c1ccccc1. The second kappa shape index (κ2) is 7.51. The third-order valence-electron chi connectivity index (χ3n) is 2.70. The lowest BCUT2D eigenvalue weighted by Gasteiger charge is -2.06. The molecule has 6 heteroatoms. The number of esters is 1. The Bertz CT molecular complexity index is 683. The molecule has 2 rings (SSSR count). The molecule has 0 unspecified atom stereocenters. The number of nitrogens with one attached hydrogen (secondary N) is 1. The molecule has 2 amide bonds. The first kappa shape index (κ1) is 15.9. The van der Waals surface area contributed by atoms with Crippen LogP contribution in [0.15, 0.2) is 59.1 Å². The molecule has 0 saturated carbocycles. The summed E-state index contributed by atoms with van der Waals surface area (Å²) in [6, 6.07) is 14.8. The Hall–Kier alpha value is -2.47. The van der Waals surface area contributed by atoms with E-state index in [1.54, 1.807) is 54.6 Å². The molecule has 22 heavy (non-hydrogen) atoms. The topological polar surface area (TPSA) is 72.5 Å². The van der Waals surface area contributed by atoms with E-state index in [1.807, 2.05) is 0 Å². The van der Waals surface area contributed by atoms with E-state index < -0.39 is 24.4 Å². The van der Waals surface area contributed by atoms with Crippen LogP contribution in [0.5, 0.6) is 0 Å². The number of benzene rings is 2. The van der Waals surface area contributed by atoms with Crippen molar-refractivity contribution in [1.29, 1.82) is 0 Å². The summed E-state index contributed by atoms with van der Waals surface area (Å²) in [6.45, 7) is -0.520. The number of amides is 2. The van der Waals surface area contributed by atoms with E-state index in [-0.39, 0.29) is 0 Å². The molecular formula is C16H12BrNO4. The molecule has 0 fully saturated rings. The Labute approximate surface area is 135 Å². The lowest BCUT2D eigenvalue weighted by atomic mass is 10.2. The Balaban J connectivity index is 1.84. The van der Waals surface area contributed by atoms with Crippen molar-refractivity contribution in [2.75, 3.05) is 6.61 Å². The van der Waals surface area contributed by atoms with Gasteiger partial charge in [-0.25, -0.2) is 4.79 Å². The molecule has 0 radical (unpaired) electrons. The number of ether oxygens (including phenoxy) is 1. The molecule has 0 bridgehead atoms. The third kappa shape index (κ3) is 4.53. The maximum Gasteiger partial charge on any atom is 0.338 e. The van der Waals surface area contributed by atoms with Crippen LogP contribution in [0, 0.1) is 0 Å². The molecule has 0 aliphatic heterocycles. The summed E-state index contributed by atoms with van der Waals surface area (Å²) >= 11 is 3.25. The molecular weight excluding hydrogens is 350 g/mol. The minimum atomic E-state index is -0.681. The minimum absolute atomic E-state index is 0.324. The van der Waals surface area contributed by atoms with Gasteiger partial charge in [0, 0.05) is 10.0 Å². The van der Waals surface area contributed by atoms with Gasteiger partial charge in [0.1, 0.15) is 0 Å². The number of halogens is 1. The summed E-state index contributed by atoms with van der Waals surface area (Å²) in [7, 11) is 0. The van der Waals surface area contributed by atoms with Crippen molar-refractivity contribution in [2.24, 2.45) is 0 Å². The van der Waals surface area contributed by atoms with E-state index in [0.29, 0.717) is 11.1 Å². The fourth-order valence-electron chi connectivity index (χ4n) is 1.62. The maximum absolute atomic E-state index is 11.7. The number of imide groups is 1. The number of rotatable bonds is 4. The number of hydrogen-bond donors (Lipinski definition) is 1. The fourth-order valence-corrected chi connectivity index (χ4v) is 1.89. The molecule has 0 aliphatic carbocycles. The molecule has 0 aliphatic rings. The molecule has 5 nitrogen and oxygen atoms in total. The fraction of sp³-hybridized carbons (Fsp3) is 0.0625. The molecule has 2 aromatic rings. The predicted molar refractivity (Wildman–Crippen MR) is 83.3 cm³/mol. The average Bonchev–Trinajstić information content (AvgIpc) is 2.54. The van der Waals surface area contributed by atoms with E-state index in [1.165, 1.54) is 0 Å². The number of carbonyl (C=O) groups excluding carboxylic acids is 3. The smallest absolute Gasteiger partial charge is 0.338 e. The molecule has 0 saturated heterocycles. The summed E-state index contributed by atoms with van der Waals surface area (Å²) in [5, 5.41) is 2.15. The van der Waals surface area contributed by atoms with Crippen molar-refractivity contribution in [2.45, 2.75) is 0 Å². The Morgan fingerprint density at radius 3 is 2.18 bits per heavy atom. The zero-order chi connectivity index (χ0) is 15.9. The van der Waals surface area contributed by atoms with E-state index in [4.69, 9.17) is 4.74 Å². The summed E-state index contributed by atoms with van der Waals surface area (Å²) < 4.78 is 5.68. The first-order valence-electron chi connectivity index (χ1n) is 6.38. The first-order chi connectivity index (χ1) is 10.6. The molecule has 2 aromatic carbocycles.